The molecule has 5 nitrogen and oxygen atoms in total. The third-order valence-electron chi connectivity index (χ3n) is 3.44. The largest absolute Gasteiger partial charge is 0.392 e. The first kappa shape index (κ1) is 13.2. The number of anilines is 1. The lowest BCUT2D eigenvalue weighted by Gasteiger charge is -2.35. The maximum absolute atomic E-state index is 9.38. The van der Waals surface area contributed by atoms with Crippen LogP contribution in [0.25, 0.3) is 0 Å². The van der Waals surface area contributed by atoms with Gasteiger partial charge in [-0.05, 0) is 32.4 Å². The second kappa shape index (κ2) is 5.63. The van der Waals surface area contributed by atoms with Gasteiger partial charge in [0.2, 0.25) is 0 Å². The minimum Gasteiger partial charge on any atom is -0.392 e. The molecule has 1 saturated heterocycles. The number of nitrogens with zero attached hydrogens (tertiary/aromatic N) is 4. The van der Waals surface area contributed by atoms with Gasteiger partial charge in [0.05, 0.1) is 11.8 Å². The summed E-state index contributed by atoms with van der Waals surface area (Å²) in [5, 5.41) is 17.8. The molecule has 1 aliphatic rings. The first-order valence-electron chi connectivity index (χ1n) is 6.52. The summed E-state index contributed by atoms with van der Waals surface area (Å²) < 4.78 is 0. The van der Waals surface area contributed by atoms with Gasteiger partial charge in [0.15, 0.2) is 5.82 Å². The highest BCUT2D eigenvalue weighted by Crippen LogP contribution is 2.15. The Morgan fingerprint density at radius 3 is 2.44 bits per heavy atom. The van der Waals surface area contributed by atoms with Crippen molar-refractivity contribution in [2.24, 2.45) is 0 Å². The Hall–Kier alpha value is -1.20. The van der Waals surface area contributed by atoms with Gasteiger partial charge in [-0.1, -0.05) is 0 Å². The number of piperazine rings is 1. The van der Waals surface area contributed by atoms with Crippen LogP contribution in [0.3, 0.4) is 0 Å². The van der Waals surface area contributed by atoms with E-state index in [1.54, 1.807) is 0 Å². The van der Waals surface area contributed by atoms with Crippen molar-refractivity contribution < 1.29 is 5.11 Å². The molecule has 1 N–H and O–H groups in total. The van der Waals surface area contributed by atoms with E-state index in [2.05, 4.69) is 33.0 Å². The maximum atomic E-state index is 9.38. The molecular weight excluding hydrogens is 228 g/mol. The number of hydrogen-bond acceptors (Lipinski definition) is 5. The Balaban J connectivity index is 1.94. The van der Waals surface area contributed by atoms with Crippen molar-refractivity contribution in [1.82, 2.24) is 15.1 Å². The Morgan fingerprint density at radius 1 is 1.22 bits per heavy atom. The van der Waals surface area contributed by atoms with Crippen LogP contribution in [0, 0.1) is 13.8 Å². The van der Waals surface area contributed by atoms with Crippen LogP contribution in [0.5, 0.6) is 0 Å². The molecule has 1 aromatic rings. The third-order valence-corrected chi connectivity index (χ3v) is 3.44. The lowest BCUT2D eigenvalue weighted by Crippen LogP contribution is -2.48. The van der Waals surface area contributed by atoms with Gasteiger partial charge in [0.25, 0.3) is 0 Å². The minimum absolute atomic E-state index is 0.252. The molecule has 2 heterocycles. The van der Waals surface area contributed by atoms with E-state index in [0.717, 1.165) is 44.2 Å². The molecule has 1 atom stereocenters. The van der Waals surface area contributed by atoms with Crippen LogP contribution in [0.2, 0.25) is 0 Å². The second-order valence-corrected chi connectivity index (χ2v) is 5.11. The second-order valence-electron chi connectivity index (χ2n) is 5.11. The zero-order valence-electron chi connectivity index (χ0n) is 11.4. The van der Waals surface area contributed by atoms with Crippen molar-refractivity contribution in [1.29, 1.82) is 0 Å². The minimum atomic E-state index is -0.252. The zero-order valence-corrected chi connectivity index (χ0v) is 11.4. The van der Waals surface area contributed by atoms with Crippen molar-refractivity contribution >= 4 is 5.82 Å². The van der Waals surface area contributed by atoms with Gasteiger partial charge in [-0.3, -0.25) is 4.90 Å². The molecular formula is C13H22N4O. The van der Waals surface area contributed by atoms with E-state index in [1.165, 1.54) is 5.56 Å². The van der Waals surface area contributed by atoms with E-state index in [-0.39, 0.29) is 6.10 Å². The molecule has 100 valence electrons. The van der Waals surface area contributed by atoms with Crippen LogP contribution in [0.15, 0.2) is 6.07 Å². The molecule has 1 fully saturated rings. The molecule has 0 aromatic carbocycles. The molecule has 0 unspecified atom stereocenters. The van der Waals surface area contributed by atoms with Crippen molar-refractivity contribution in [2.45, 2.75) is 26.9 Å². The highest BCUT2D eigenvalue weighted by atomic mass is 16.3. The summed E-state index contributed by atoms with van der Waals surface area (Å²) in [5.41, 5.74) is 2.18. The molecule has 2 rings (SSSR count). The topological polar surface area (TPSA) is 52.5 Å². The summed E-state index contributed by atoms with van der Waals surface area (Å²) in [6, 6.07) is 2.10. The molecule has 1 aromatic heterocycles. The number of aryl methyl sites for hydroxylation is 2. The first-order valence-corrected chi connectivity index (χ1v) is 6.52. The van der Waals surface area contributed by atoms with E-state index in [4.69, 9.17) is 0 Å². The predicted molar refractivity (Wildman–Crippen MR) is 71.8 cm³/mol. The molecule has 5 heteroatoms. The summed E-state index contributed by atoms with van der Waals surface area (Å²) in [7, 11) is 0. The van der Waals surface area contributed by atoms with Crippen LogP contribution in [0.4, 0.5) is 5.82 Å². The Morgan fingerprint density at radius 2 is 1.89 bits per heavy atom. The summed E-state index contributed by atoms with van der Waals surface area (Å²) in [6.45, 7) is 10.5. The van der Waals surface area contributed by atoms with Crippen LogP contribution in [0.1, 0.15) is 18.2 Å². The number of aliphatic hydroxyl groups excluding tert-OH is 1. The monoisotopic (exact) mass is 250 g/mol. The normalized spacial score (nSPS) is 19.0. The van der Waals surface area contributed by atoms with Crippen molar-refractivity contribution in [3.05, 3.63) is 17.3 Å². The molecule has 0 bridgehead atoms. The number of aromatic nitrogens is 2. The third kappa shape index (κ3) is 3.17. The number of rotatable bonds is 3. The summed E-state index contributed by atoms with van der Waals surface area (Å²) >= 11 is 0. The Kier molecular flexibility index (Phi) is 4.14. The van der Waals surface area contributed by atoms with Crippen LogP contribution < -0.4 is 4.90 Å². The smallest absolute Gasteiger partial charge is 0.151 e. The van der Waals surface area contributed by atoms with Gasteiger partial charge in [-0.25, -0.2) is 0 Å². The van der Waals surface area contributed by atoms with Crippen molar-refractivity contribution in [2.75, 3.05) is 37.6 Å². The molecule has 0 saturated carbocycles. The lowest BCUT2D eigenvalue weighted by atomic mass is 10.2. The first-order chi connectivity index (χ1) is 8.56. The molecule has 0 amide bonds. The number of β-amino-alcohol motifs (C(OH)–C–C–N with tert-alkyl or cyclic N) is 1. The highest BCUT2D eigenvalue weighted by molar-refractivity contribution is 5.41. The molecule has 18 heavy (non-hydrogen) atoms. The average Bonchev–Trinajstić information content (AvgIpc) is 2.33. The lowest BCUT2D eigenvalue weighted by molar-refractivity contribution is 0.122. The van der Waals surface area contributed by atoms with Gasteiger partial charge in [0.1, 0.15) is 0 Å². The van der Waals surface area contributed by atoms with E-state index < -0.39 is 0 Å². The standard InChI is InChI=1S/C13H22N4O/c1-10-8-13(15-14-12(10)3)17-6-4-16(5-7-17)9-11(2)18/h8,11,18H,4-7,9H2,1-3H3/t11-/m1/s1. The van der Waals surface area contributed by atoms with Gasteiger partial charge in [-0.15, -0.1) is 5.10 Å². The van der Waals surface area contributed by atoms with Crippen LogP contribution >= 0.6 is 0 Å². The highest BCUT2D eigenvalue weighted by Gasteiger charge is 2.19. The fourth-order valence-electron chi connectivity index (χ4n) is 2.22. The number of hydrogen-bond donors (Lipinski definition) is 1. The molecule has 0 aliphatic carbocycles. The fraction of sp³-hybridized carbons (Fsp3) is 0.692. The summed E-state index contributed by atoms with van der Waals surface area (Å²) in [4.78, 5) is 4.55. The molecule has 0 spiro atoms. The average molecular weight is 250 g/mol. The maximum Gasteiger partial charge on any atom is 0.151 e. The van der Waals surface area contributed by atoms with Crippen molar-refractivity contribution in [3.8, 4) is 0 Å². The number of aliphatic hydroxyl groups is 1. The SMILES string of the molecule is Cc1cc(N2CCN(C[C@@H](C)O)CC2)nnc1C. The Labute approximate surface area is 108 Å². The van der Waals surface area contributed by atoms with Gasteiger partial charge < -0.3 is 10.0 Å². The van der Waals surface area contributed by atoms with Crippen LogP contribution in [-0.4, -0.2) is 59.0 Å². The van der Waals surface area contributed by atoms with Crippen LogP contribution in [-0.2, 0) is 0 Å². The van der Waals surface area contributed by atoms with E-state index in [0.29, 0.717) is 0 Å². The van der Waals surface area contributed by atoms with Crippen molar-refractivity contribution in [3.63, 3.8) is 0 Å². The summed E-state index contributed by atoms with van der Waals surface area (Å²) in [6.07, 6.45) is -0.252. The van der Waals surface area contributed by atoms with Gasteiger partial charge in [0, 0.05) is 32.7 Å². The predicted octanol–water partition coefficient (Wildman–Crippen LogP) is 0.596. The zero-order chi connectivity index (χ0) is 13.1. The van der Waals surface area contributed by atoms with E-state index in [9.17, 15) is 5.11 Å². The quantitative estimate of drug-likeness (QED) is 0.851. The van der Waals surface area contributed by atoms with Gasteiger partial charge >= 0.3 is 0 Å². The molecule has 0 radical (unpaired) electrons. The molecule has 1 aliphatic heterocycles. The van der Waals surface area contributed by atoms with E-state index in [1.807, 2.05) is 13.8 Å². The van der Waals surface area contributed by atoms with Gasteiger partial charge in [-0.2, -0.15) is 5.10 Å². The Bertz CT molecular complexity index is 400. The van der Waals surface area contributed by atoms with E-state index >= 15 is 0 Å². The fourth-order valence-corrected chi connectivity index (χ4v) is 2.22. The summed E-state index contributed by atoms with van der Waals surface area (Å²) in [5.74, 6) is 0.967.